The molecule has 0 aliphatic carbocycles. The molecular formula is C44H79NO7. The Hall–Kier alpha value is -2.45. The Balaban J connectivity index is 4.37. The Morgan fingerprint density at radius 1 is 0.596 bits per heavy atom. The van der Waals surface area contributed by atoms with Gasteiger partial charge in [-0.2, -0.15) is 0 Å². The van der Waals surface area contributed by atoms with Crippen LogP contribution in [0.1, 0.15) is 174 Å². The van der Waals surface area contributed by atoms with Crippen molar-refractivity contribution in [3.05, 3.63) is 36.5 Å². The van der Waals surface area contributed by atoms with Gasteiger partial charge in [0.1, 0.15) is 12.6 Å². The third kappa shape index (κ3) is 33.4. The van der Waals surface area contributed by atoms with Crippen molar-refractivity contribution in [2.75, 3.05) is 41.0 Å². The van der Waals surface area contributed by atoms with Gasteiger partial charge >= 0.3 is 11.9 Å². The highest BCUT2D eigenvalue weighted by Crippen LogP contribution is 2.14. The van der Waals surface area contributed by atoms with E-state index in [0.717, 1.165) is 70.6 Å². The quantitative estimate of drug-likeness (QED) is 0.0271. The summed E-state index contributed by atoms with van der Waals surface area (Å²) < 4.78 is 17.1. The van der Waals surface area contributed by atoms with Gasteiger partial charge in [-0.3, -0.25) is 9.59 Å². The lowest BCUT2D eigenvalue weighted by molar-refractivity contribution is -0.889. The van der Waals surface area contributed by atoms with Gasteiger partial charge in [0.05, 0.1) is 40.3 Å². The monoisotopic (exact) mass is 734 g/mol. The smallest absolute Gasteiger partial charge is 0.306 e. The van der Waals surface area contributed by atoms with E-state index in [9.17, 15) is 19.5 Å². The number of carbonyl (C=O) groups is 3. The Kier molecular flexibility index (Phi) is 33.9. The van der Waals surface area contributed by atoms with E-state index < -0.39 is 18.1 Å². The van der Waals surface area contributed by atoms with E-state index in [1.807, 2.05) is 0 Å². The van der Waals surface area contributed by atoms with Gasteiger partial charge in [-0.25, -0.2) is 0 Å². The van der Waals surface area contributed by atoms with Gasteiger partial charge in [0.15, 0.2) is 6.10 Å². The van der Waals surface area contributed by atoms with E-state index in [2.05, 4.69) is 50.3 Å². The number of hydrogen-bond acceptors (Lipinski definition) is 7. The number of likely N-dealkylation sites (N-methyl/N-ethyl adjacent to an activating group) is 1. The largest absolute Gasteiger partial charge is 0.544 e. The summed E-state index contributed by atoms with van der Waals surface area (Å²) in [6, 6.07) is -0.725. The maximum Gasteiger partial charge on any atom is 0.306 e. The van der Waals surface area contributed by atoms with Crippen molar-refractivity contribution in [1.82, 2.24) is 0 Å². The minimum Gasteiger partial charge on any atom is -0.544 e. The van der Waals surface area contributed by atoms with E-state index in [4.69, 9.17) is 14.2 Å². The molecule has 0 spiro atoms. The first-order valence-corrected chi connectivity index (χ1v) is 21.0. The molecule has 0 amide bonds. The molecule has 0 aromatic rings. The zero-order valence-electron chi connectivity index (χ0n) is 34.2. The number of carboxylic acids is 1. The number of unbranched alkanes of at least 4 members (excludes halogenated alkanes) is 17. The summed E-state index contributed by atoms with van der Waals surface area (Å²) in [5.74, 6) is -1.75. The number of carboxylic acid groups (broad SMARTS) is 1. The molecule has 0 saturated carbocycles. The minimum atomic E-state index is -1.13. The van der Waals surface area contributed by atoms with Crippen LogP contribution in [0.4, 0.5) is 0 Å². The fourth-order valence-electron chi connectivity index (χ4n) is 6.03. The molecule has 0 aromatic heterocycles. The molecule has 2 unspecified atom stereocenters. The van der Waals surface area contributed by atoms with E-state index >= 15 is 0 Å². The number of esters is 2. The van der Waals surface area contributed by atoms with Crippen molar-refractivity contribution in [1.29, 1.82) is 0 Å². The van der Waals surface area contributed by atoms with Crippen LogP contribution < -0.4 is 5.11 Å². The summed E-state index contributed by atoms with van der Waals surface area (Å²) in [5.41, 5.74) is 0. The number of aliphatic carboxylic acids is 1. The Morgan fingerprint density at radius 3 is 1.60 bits per heavy atom. The van der Waals surface area contributed by atoms with E-state index in [1.165, 1.54) is 70.6 Å². The average molecular weight is 734 g/mol. The highest BCUT2D eigenvalue weighted by Gasteiger charge is 2.25. The molecule has 0 N–H and O–H groups in total. The third-order valence-electron chi connectivity index (χ3n) is 9.29. The molecule has 0 fully saturated rings. The average Bonchev–Trinajstić information content (AvgIpc) is 3.09. The number of quaternary nitrogens is 1. The fraction of sp³-hybridized carbons (Fsp3) is 0.795. The molecule has 52 heavy (non-hydrogen) atoms. The Bertz CT molecular complexity index is 953. The van der Waals surface area contributed by atoms with Crippen LogP contribution in [0.3, 0.4) is 0 Å². The van der Waals surface area contributed by atoms with Crippen molar-refractivity contribution < 1.29 is 38.2 Å². The van der Waals surface area contributed by atoms with Crippen molar-refractivity contribution >= 4 is 17.9 Å². The van der Waals surface area contributed by atoms with Crippen LogP contribution in [-0.4, -0.2) is 75.5 Å². The van der Waals surface area contributed by atoms with Crippen molar-refractivity contribution in [2.45, 2.75) is 187 Å². The molecule has 2 atom stereocenters. The number of hydrogen-bond donors (Lipinski definition) is 0. The molecule has 0 heterocycles. The normalized spacial score (nSPS) is 13.3. The van der Waals surface area contributed by atoms with Crippen molar-refractivity contribution in [3.63, 3.8) is 0 Å². The molecule has 0 aliphatic rings. The molecule has 0 aliphatic heterocycles. The van der Waals surface area contributed by atoms with Crippen LogP contribution in [0.2, 0.25) is 0 Å². The topological polar surface area (TPSA) is 102 Å². The Morgan fingerprint density at radius 2 is 1.08 bits per heavy atom. The standard InChI is InChI=1S/C44H79NO7/c1-6-8-10-12-14-16-18-20-21-22-23-25-26-28-30-32-34-42(46)51-39-40(38-50-37-36-41(44(48)49)45(3,4)5)52-43(47)35-33-31-29-27-24-19-17-15-13-11-9-7-2/h8,10,14,16,20-21,40-41H,6-7,9,11-13,15,17-19,22-39H2,1-5H3/b10-8+,16-14+,21-20+. The lowest BCUT2D eigenvalue weighted by Gasteiger charge is -2.34. The zero-order valence-corrected chi connectivity index (χ0v) is 34.2. The van der Waals surface area contributed by atoms with Gasteiger partial charge < -0.3 is 28.6 Å². The lowest BCUT2D eigenvalue weighted by Crippen LogP contribution is -2.55. The predicted molar refractivity (Wildman–Crippen MR) is 213 cm³/mol. The van der Waals surface area contributed by atoms with Crippen LogP contribution in [0.5, 0.6) is 0 Å². The lowest BCUT2D eigenvalue weighted by atomic mass is 10.0. The summed E-state index contributed by atoms with van der Waals surface area (Å²) in [7, 11) is 5.40. The number of nitrogens with zero attached hydrogens (tertiary/aromatic N) is 1. The molecular weight excluding hydrogens is 654 g/mol. The zero-order chi connectivity index (χ0) is 38.5. The van der Waals surface area contributed by atoms with E-state index in [0.29, 0.717) is 12.8 Å². The van der Waals surface area contributed by atoms with Crippen LogP contribution in [0.25, 0.3) is 0 Å². The molecule has 0 aromatic carbocycles. The molecule has 8 heteroatoms. The molecule has 8 nitrogen and oxygen atoms in total. The molecule has 0 saturated heterocycles. The van der Waals surface area contributed by atoms with E-state index in [-0.39, 0.29) is 42.7 Å². The third-order valence-corrected chi connectivity index (χ3v) is 9.29. The number of ether oxygens (including phenoxy) is 3. The summed E-state index contributed by atoms with van der Waals surface area (Å²) in [4.78, 5) is 36.7. The molecule has 0 radical (unpaired) electrons. The second kappa shape index (κ2) is 35.6. The molecule has 302 valence electrons. The van der Waals surface area contributed by atoms with E-state index in [1.54, 1.807) is 21.1 Å². The van der Waals surface area contributed by atoms with Gasteiger partial charge in [-0.15, -0.1) is 0 Å². The number of allylic oxidation sites excluding steroid dienone is 6. The number of rotatable bonds is 37. The van der Waals surface area contributed by atoms with Crippen molar-refractivity contribution in [3.8, 4) is 0 Å². The second-order valence-corrected chi connectivity index (χ2v) is 15.2. The van der Waals surface area contributed by atoms with Crippen molar-refractivity contribution in [2.24, 2.45) is 0 Å². The number of carbonyl (C=O) groups excluding carboxylic acids is 3. The highest BCUT2D eigenvalue weighted by atomic mass is 16.6. The molecule has 0 bridgehead atoms. The minimum absolute atomic E-state index is 0.0386. The van der Waals surface area contributed by atoms with Gasteiger partial charge in [0.25, 0.3) is 0 Å². The predicted octanol–water partition coefficient (Wildman–Crippen LogP) is 9.74. The first-order valence-electron chi connectivity index (χ1n) is 21.0. The maximum absolute atomic E-state index is 12.7. The van der Waals surface area contributed by atoms with Crippen LogP contribution in [-0.2, 0) is 28.6 Å². The van der Waals surface area contributed by atoms with Gasteiger partial charge in [-0.05, 0) is 44.9 Å². The highest BCUT2D eigenvalue weighted by molar-refractivity contribution is 5.70. The van der Waals surface area contributed by atoms with Crippen LogP contribution >= 0.6 is 0 Å². The van der Waals surface area contributed by atoms with Gasteiger partial charge in [0.2, 0.25) is 0 Å². The van der Waals surface area contributed by atoms with Crippen LogP contribution in [0, 0.1) is 0 Å². The maximum atomic E-state index is 12.7. The summed E-state index contributed by atoms with van der Waals surface area (Å²) in [6.45, 7) is 4.53. The summed E-state index contributed by atoms with van der Waals surface area (Å²) in [6.07, 6.45) is 38.7. The van der Waals surface area contributed by atoms with Crippen LogP contribution in [0.15, 0.2) is 36.5 Å². The first-order chi connectivity index (χ1) is 25.1. The summed E-state index contributed by atoms with van der Waals surface area (Å²) in [5, 5.41) is 11.6. The SMILES string of the molecule is CC/C=C/C/C=C/C/C=C/CCCCCCCCC(=O)OCC(COCCC(C(=O)[O-])[N+](C)(C)C)OC(=O)CCCCCCCCCCCCCC. The fourth-order valence-corrected chi connectivity index (χ4v) is 6.03. The Labute approximate surface area is 319 Å². The summed E-state index contributed by atoms with van der Waals surface area (Å²) >= 11 is 0. The van der Waals surface area contributed by atoms with Gasteiger partial charge in [-0.1, -0.05) is 147 Å². The molecule has 0 rings (SSSR count). The van der Waals surface area contributed by atoms with Gasteiger partial charge in [0, 0.05) is 19.3 Å². The first kappa shape index (κ1) is 49.6. The second-order valence-electron chi connectivity index (χ2n) is 15.2.